The van der Waals surface area contributed by atoms with Gasteiger partial charge in [-0.05, 0) is 18.2 Å². The minimum Gasteiger partial charge on any atom is -0.375 e. The fourth-order valence-corrected chi connectivity index (χ4v) is 1.29. The Morgan fingerprint density at radius 1 is 1.46 bits per heavy atom. The number of hydrogen-bond acceptors (Lipinski definition) is 2. The van der Waals surface area contributed by atoms with Crippen LogP contribution >= 0.6 is 23.2 Å². The fraction of sp³-hybridized carbons (Fsp3) is 0.125. The Labute approximate surface area is 85.8 Å². The first-order valence-electron chi connectivity index (χ1n) is 3.57. The lowest BCUT2D eigenvalue weighted by Crippen LogP contribution is -2.21. The number of anilines is 1. The van der Waals surface area contributed by atoms with E-state index in [-0.39, 0.29) is 6.54 Å². The van der Waals surface area contributed by atoms with Gasteiger partial charge in [-0.3, -0.25) is 4.79 Å². The summed E-state index contributed by atoms with van der Waals surface area (Å²) in [5, 5.41) is 3.79. The van der Waals surface area contributed by atoms with Gasteiger partial charge in [0.1, 0.15) is 0 Å². The molecule has 3 N–H and O–H groups in total. The molecule has 1 amide bonds. The largest absolute Gasteiger partial charge is 0.375 e. The van der Waals surface area contributed by atoms with Gasteiger partial charge in [0.05, 0.1) is 17.3 Å². The Morgan fingerprint density at radius 2 is 2.15 bits per heavy atom. The highest BCUT2D eigenvalue weighted by molar-refractivity contribution is 6.36. The van der Waals surface area contributed by atoms with Gasteiger partial charge in [0.25, 0.3) is 0 Å². The highest BCUT2D eigenvalue weighted by atomic mass is 35.5. The van der Waals surface area contributed by atoms with Crippen LogP contribution in [0.3, 0.4) is 0 Å². The summed E-state index contributed by atoms with van der Waals surface area (Å²) in [6.07, 6.45) is 0. The van der Waals surface area contributed by atoms with Crippen LogP contribution in [0.1, 0.15) is 0 Å². The summed E-state index contributed by atoms with van der Waals surface area (Å²) in [4.78, 5) is 10.4. The first kappa shape index (κ1) is 10.2. The zero-order valence-electron chi connectivity index (χ0n) is 6.68. The zero-order chi connectivity index (χ0) is 9.84. The van der Waals surface area contributed by atoms with Crippen LogP contribution in [0.5, 0.6) is 0 Å². The average molecular weight is 219 g/mol. The number of hydrogen-bond donors (Lipinski definition) is 2. The van der Waals surface area contributed by atoms with Crippen molar-refractivity contribution in [2.75, 3.05) is 11.9 Å². The molecule has 0 saturated carbocycles. The fourth-order valence-electron chi connectivity index (χ4n) is 0.815. The zero-order valence-corrected chi connectivity index (χ0v) is 8.19. The Balaban J connectivity index is 2.72. The summed E-state index contributed by atoms with van der Waals surface area (Å²) in [5.41, 5.74) is 5.59. The van der Waals surface area contributed by atoms with E-state index in [2.05, 4.69) is 5.32 Å². The van der Waals surface area contributed by atoms with E-state index in [0.29, 0.717) is 15.7 Å². The van der Waals surface area contributed by atoms with Crippen LogP contribution in [-0.4, -0.2) is 12.5 Å². The Hall–Kier alpha value is -0.930. The number of carbonyl (C=O) groups is 1. The molecule has 0 fully saturated rings. The first-order valence-corrected chi connectivity index (χ1v) is 4.32. The minimum atomic E-state index is -0.439. The van der Waals surface area contributed by atoms with Gasteiger partial charge in [0.2, 0.25) is 5.91 Å². The van der Waals surface area contributed by atoms with Crippen LogP contribution in [-0.2, 0) is 4.79 Å². The topological polar surface area (TPSA) is 55.1 Å². The lowest BCUT2D eigenvalue weighted by molar-refractivity contribution is -0.116. The number of carbonyl (C=O) groups excluding carboxylic acids is 1. The van der Waals surface area contributed by atoms with E-state index >= 15 is 0 Å². The van der Waals surface area contributed by atoms with Crippen molar-refractivity contribution in [1.29, 1.82) is 0 Å². The van der Waals surface area contributed by atoms with E-state index in [1.165, 1.54) is 0 Å². The van der Waals surface area contributed by atoms with Crippen LogP contribution in [0.2, 0.25) is 10.0 Å². The van der Waals surface area contributed by atoms with Crippen molar-refractivity contribution < 1.29 is 4.79 Å². The minimum absolute atomic E-state index is 0.0569. The van der Waals surface area contributed by atoms with E-state index in [1.807, 2.05) is 0 Å². The summed E-state index contributed by atoms with van der Waals surface area (Å²) in [6, 6.07) is 4.96. The van der Waals surface area contributed by atoms with E-state index in [9.17, 15) is 4.79 Å². The maximum atomic E-state index is 10.4. The number of amides is 1. The first-order chi connectivity index (χ1) is 6.09. The van der Waals surface area contributed by atoms with Gasteiger partial charge in [0, 0.05) is 5.02 Å². The second-order valence-electron chi connectivity index (χ2n) is 2.44. The number of nitrogens with two attached hydrogens (primary N) is 1. The van der Waals surface area contributed by atoms with Crippen LogP contribution in [0.25, 0.3) is 0 Å². The smallest absolute Gasteiger partial charge is 0.236 e. The third kappa shape index (κ3) is 3.13. The van der Waals surface area contributed by atoms with Crippen LogP contribution in [0.15, 0.2) is 18.2 Å². The number of primary amides is 1. The van der Waals surface area contributed by atoms with Crippen molar-refractivity contribution in [3.05, 3.63) is 28.2 Å². The lowest BCUT2D eigenvalue weighted by Gasteiger charge is -2.05. The summed E-state index contributed by atoms with van der Waals surface area (Å²) in [7, 11) is 0. The van der Waals surface area contributed by atoms with E-state index in [1.54, 1.807) is 18.2 Å². The number of nitrogens with one attached hydrogen (secondary N) is 1. The molecule has 0 radical (unpaired) electrons. The molecule has 0 aliphatic rings. The molecule has 1 aromatic carbocycles. The van der Waals surface area contributed by atoms with Gasteiger partial charge in [-0.25, -0.2) is 0 Å². The molecule has 0 aliphatic carbocycles. The number of rotatable bonds is 3. The normalized spacial score (nSPS) is 9.69. The van der Waals surface area contributed by atoms with Gasteiger partial charge < -0.3 is 11.1 Å². The van der Waals surface area contributed by atoms with Crippen molar-refractivity contribution in [1.82, 2.24) is 0 Å². The van der Waals surface area contributed by atoms with Crippen LogP contribution in [0.4, 0.5) is 5.69 Å². The highest BCUT2D eigenvalue weighted by Crippen LogP contribution is 2.24. The lowest BCUT2D eigenvalue weighted by atomic mass is 10.3. The predicted molar refractivity (Wildman–Crippen MR) is 54.1 cm³/mol. The molecule has 70 valence electrons. The Kier molecular flexibility index (Phi) is 3.39. The molecule has 0 bridgehead atoms. The van der Waals surface area contributed by atoms with E-state index in [4.69, 9.17) is 28.9 Å². The maximum Gasteiger partial charge on any atom is 0.236 e. The van der Waals surface area contributed by atoms with E-state index < -0.39 is 5.91 Å². The molecular weight excluding hydrogens is 211 g/mol. The predicted octanol–water partition coefficient (Wildman–Crippen LogP) is 1.89. The summed E-state index contributed by atoms with van der Waals surface area (Å²) in [5.74, 6) is -0.439. The molecule has 0 aliphatic heterocycles. The molecule has 3 nitrogen and oxygen atoms in total. The summed E-state index contributed by atoms with van der Waals surface area (Å²) < 4.78 is 0. The molecule has 5 heteroatoms. The number of halogens is 2. The number of benzene rings is 1. The van der Waals surface area contributed by atoms with Crippen LogP contribution < -0.4 is 11.1 Å². The van der Waals surface area contributed by atoms with Crippen molar-refractivity contribution in [2.45, 2.75) is 0 Å². The summed E-state index contributed by atoms with van der Waals surface area (Å²) in [6.45, 7) is 0.0569. The molecule has 0 spiro atoms. The second-order valence-corrected chi connectivity index (χ2v) is 3.29. The maximum absolute atomic E-state index is 10.4. The van der Waals surface area contributed by atoms with Crippen molar-refractivity contribution in [3.8, 4) is 0 Å². The van der Waals surface area contributed by atoms with Gasteiger partial charge in [-0.15, -0.1) is 0 Å². The van der Waals surface area contributed by atoms with Crippen molar-refractivity contribution in [3.63, 3.8) is 0 Å². The quantitative estimate of drug-likeness (QED) is 0.815. The molecule has 0 atom stereocenters. The molecule has 1 aromatic rings. The molecule has 13 heavy (non-hydrogen) atoms. The molecule has 0 heterocycles. The monoisotopic (exact) mass is 218 g/mol. The average Bonchev–Trinajstić information content (AvgIpc) is 2.02. The van der Waals surface area contributed by atoms with E-state index in [0.717, 1.165) is 0 Å². The van der Waals surface area contributed by atoms with Gasteiger partial charge in [-0.1, -0.05) is 23.2 Å². The highest BCUT2D eigenvalue weighted by Gasteiger charge is 2.01. The third-order valence-corrected chi connectivity index (χ3v) is 1.93. The Bertz CT molecular complexity index is 328. The SMILES string of the molecule is NC(=O)CNc1ccc(Cl)cc1Cl. The van der Waals surface area contributed by atoms with Crippen LogP contribution in [0, 0.1) is 0 Å². The third-order valence-electron chi connectivity index (χ3n) is 1.38. The molecule has 0 aromatic heterocycles. The second kappa shape index (κ2) is 4.35. The van der Waals surface area contributed by atoms with Crippen molar-refractivity contribution >= 4 is 34.8 Å². The molecule has 0 unspecified atom stereocenters. The van der Waals surface area contributed by atoms with Crippen molar-refractivity contribution in [2.24, 2.45) is 5.73 Å². The molecular formula is C8H8Cl2N2O. The van der Waals surface area contributed by atoms with Gasteiger partial charge in [0.15, 0.2) is 0 Å². The molecule has 0 saturated heterocycles. The van der Waals surface area contributed by atoms with Gasteiger partial charge in [-0.2, -0.15) is 0 Å². The standard InChI is InChI=1S/C8H8Cl2N2O/c9-5-1-2-7(6(10)3-5)12-4-8(11)13/h1-3,12H,4H2,(H2,11,13). The molecule has 1 rings (SSSR count). The van der Waals surface area contributed by atoms with Gasteiger partial charge >= 0.3 is 0 Å². The Morgan fingerprint density at radius 3 is 2.69 bits per heavy atom. The summed E-state index contributed by atoms with van der Waals surface area (Å²) >= 11 is 11.5.